The van der Waals surface area contributed by atoms with Crippen molar-refractivity contribution in [1.29, 1.82) is 5.26 Å². The fourth-order valence-electron chi connectivity index (χ4n) is 3.29. The maximum atomic E-state index is 12.6. The molecule has 31 heavy (non-hydrogen) atoms. The number of amides is 1. The molecule has 0 saturated heterocycles. The Hall–Kier alpha value is -4.18. The van der Waals surface area contributed by atoms with Gasteiger partial charge in [-0.05, 0) is 61.7 Å². The number of nitriles is 1. The van der Waals surface area contributed by atoms with Crippen molar-refractivity contribution in [3.63, 3.8) is 0 Å². The first-order chi connectivity index (χ1) is 15.0. The number of fused-ring (bicyclic) bond motifs is 1. The maximum Gasteiger partial charge on any atom is 0.263 e. The Bertz CT molecular complexity index is 1330. The van der Waals surface area contributed by atoms with Crippen LogP contribution >= 0.6 is 0 Å². The summed E-state index contributed by atoms with van der Waals surface area (Å²) in [6.45, 7) is 5.79. The fraction of sp³-hybridized carbons (Fsp3) is 0.167. The first-order valence-corrected chi connectivity index (χ1v) is 9.81. The van der Waals surface area contributed by atoms with E-state index >= 15 is 0 Å². The van der Waals surface area contributed by atoms with E-state index in [2.05, 4.69) is 21.5 Å². The average Bonchev–Trinajstić information content (AvgIpc) is 3.17. The normalized spacial score (nSPS) is 10.6. The van der Waals surface area contributed by atoms with E-state index in [4.69, 9.17) is 4.74 Å². The molecule has 2 aromatic carbocycles. The Balaban J connectivity index is 1.59. The molecule has 4 aromatic rings. The highest BCUT2D eigenvalue weighted by molar-refractivity contribution is 5.92. The van der Waals surface area contributed by atoms with Gasteiger partial charge >= 0.3 is 0 Å². The van der Waals surface area contributed by atoms with E-state index in [9.17, 15) is 10.1 Å². The van der Waals surface area contributed by atoms with Gasteiger partial charge in [0, 0.05) is 5.39 Å². The Labute approximate surface area is 179 Å². The largest absolute Gasteiger partial charge is 0.484 e. The van der Waals surface area contributed by atoms with Crippen LogP contribution in [-0.4, -0.2) is 27.3 Å². The van der Waals surface area contributed by atoms with Gasteiger partial charge in [0.15, 0.2) is 18.2 Å². The standard InChI is InChI=1S/C24H21N5O2/c1-15-8-9-19(10-16(15)2)31-14-23(30)28-24-18(12-25)13-26-29(24)22-11-17(3)20-6-4-5-7-21(20)27-22/h4-11,13H,14H2,1-3H3,(H,28,30). The molecule has 1 N–H and O–H groups in total. The summed E-state index contributed by atoms with van der Waals surface area (Å²) in [5.74, 6) is 0.995. The quantitative estimate of drug-likeness (QED) is 0.530. The van der Waals surface area contributed by atoms with E-state index in [1.165, 1.54) is 10.9 Å². The molecular formula is C24H21N5O2. The van der Waals surface area contributed by atoms with Gasteiger partial charge in [-0.3, -0.25) is 4.79 Å². The topological polar surface area (TPSA) is 92.8 Å². The van der Waals surface area contributed by atoms with Crippen LogP contribution in [0, 0.1) is 32.1 Å². The number of ether oxygens (including phenoxy) is 1. The summed E-state index contributed by atoms with van der Waals surface area (Å²) in [6, 6.07) is 17.4. The lowest BCUT2D eigenvalue weighted by Gasteiger charge is -2.12. The molecule has 0 saturated carbocycles. The molecule has 0 radical (unpaired) electrons. The Morgan fingerprint density at radius 3 is 2.68 bits per heavy atom. The van der Waals surface area contributed by atoms with Crippen LogP contribution in [0.2, 0.25) is 0 Å². The summed E-state index contributed by atoms with van der Waals surface area (Å²) < 4.78 is 7.07. The van der Waals surface area contributed by atoms with E-state index in [0.717, 1.165) is 27.6 Å². The summed E-state index contributed by atoms with van der Waals surface area (Å²) in [5, 5.41) is 17.5. The van der Waals surface area contributed by atoms with Crippen LogP contribution in [0.4, 0.5) is 5.82 Å². The van der Waals surface area contributed by atoms with Gasteiger partial charge in [-0.15, -0.1) is 0 Å². The summed E-state index contributed by atoms with van der Waals surface area (Å²) in [6.07, 6.45) is 1.41. The third-order valence-electron chi connectivity index (χ3n) is 5.12. The van der Waals surface area contributed by atoms with Gasteiger partial charge in [0.2, 0.25) is 0 Å². The Kier molecular flexibility index (Phi) is 5.37. The molecule has 0 spiro atoms. The van der Waals surface area contributed by atoms with Gasteiger partial charge in [0.25, 0.3) is 5.91 Å². The minimum atomic E-state index is -0.394. The van der Waals surface area contributed by atoms with Crippen molar-refractivity contribution in [3.05, 3.63) is 77.0 Å². The highest BCUT2D eigenvalue weighted by atomic mass is 16.5. The molecular weight excluding hydrogens is 390 g/mol. The second-order valence-electron chi connectivity index (χ2n) is 7.33. The number of nitrogens with one attached hydrogen (secondary N) is 1. The number of rotatable bonds is 5. The molecule has 0 aliphatic heterocycles. The molecule has 0 fully saturated rings. The number of hydrogen-bond donors (Lipinski definition) is 1. The summed E-state index contributed by atoms with van der Waals surface area (Å²) in [5.41, 5.74) is 4.30. The molecule has 4 rings (SSSR count). The van der Waals surface area contributed by atoms with E-state index < -0.39 is 5.91 Å². The van der Waals surface area contributed by atoms with E-state index in [1.54, 1.807) is 0 Å². The number of aryl methyl sites for hydroxylation is 3. The van der Waals surface area contributed by atoms with E-state index in [1.807, 2.05) is 69.3 Å². The number of anilines is 1. The number of pyridine rings is 1. The molecule has 0 unspecified atom stereocenters. The second-order valence-corrected chi connectivity index (χ2v) is 7.33. The predicted molar refractivity (Wildman–Crippen MR) is 118 cm³/mol. The lowest BCUT2D eigenvalue weighted by atomic mass is 10.1. The molecule has 0 bridgehead atoms. The lowest BCUT2D eigenvalue weighted by Crippen LogP contribution is -2.22. The average molecular weight is 411 g/mol. The number of para-hydroxylation sites is 1. The molecule has 154 valence electrons. The van der Waals surface area contributed by atoms with Crippen molar-refractivity contribution in [1.82, 2.24) is 14.8 Å². The van der Waals surface area contributed by atoms with E-state index in [-0.39, 0.29) is 18.0 Å². The van der Waals surface area contributed by atoms with Crippen molar-refractivity contribution in [2.75, 3.05) is 11.9 Å². The van der Waals surface area contributed by atoms with Crippen LogP contribution < -0.4 is 10.1 Å². The highest BCUT2D eigenvalue weighted by Crippen LogP contribution is 2.23. The zero-order valence-electron chi connectivity index (χ0n) is 17.5. The zero-order chi connectivity index (χ0) is 22.0. The second kappa shape index (κ2) is 8.28. The van der Waals surface area contributed by atoms with Gasteiger partial charge in [-0.25, -0.2) is 4.98 Å². The third kappa shape index (κ3) is 4.09. The van der Waals surface area contributed by atoms with Gasteiger partial charge < -0.3 is 10.1 Å². The van der Waals surface area contributed by atoms with Gasteiger partial charge in [-0.2, -0.15) is 15.0 Å². The third-order valence-corrected chi connectivity index (χ3v) is 5.12. The van der Waals surface area contributed by atoms with Crippen molar-refractivity contribution in [2.24, 2.45) is 0 Å². The monoisotopic (exact) mass is 411 g/mol. The summed E-state index contributed by atoms with van der Waals surface area (Å²) >= 11 is 0. The molecule has 0 aliphatic carbocycles. The molecule has 7 nitrogen and oxygen atoms in total. The van der Waals surface area contributed by atoms with Gasteiger partial charge in [0.05, 0.1) is 11.7 Å². The summed E-state index contributed by atoms with van der Waals surface area (Å²) in [4.78, 5) is 17.2. The van der Waals surface area contributed by atoms with Crippen molar-refractivity contribution < 1.29 is 9.53 Å². The first-order valence-electron chi connectivity index (χ1n) is 9.81. The Morgan fingerprint density at radius 1 is 1.10 bits per heavy atom. The van der Waals surface area contributed by atoms with Crippen LogP contribution in [-0.2, 0) is 4.79 Å². The zero-order valence-corrected chi connectivity index (χ0v) is 17.5. The highest BCUT2D eigenvalue weighted by Gasteiger charge is 2.17. The number of carbonyl (C=O) groups is 1. The molecule has 7 heteroatoms. The van der Waals surface area contributed by atoms with Gasteiger partial charge in [0.1, 0.15) is 17.4 Å². The van der Waals surface area contributed by atoms with Crippen LogP contribution in [0.1, 0.15) is 22.3 Å². The first kappa shape index (κ1) is 20.1. The number of benzene rings is 2. The van der Waals surface area contributed by atoms with Crippen LogP contribution in [0.25, 0.3) is 16.7 Å². The fourth-order valence-corrected chi connectivity index (χ4v) is 3.29. The molecule has 0 atom stereocenters. The number of hydrogen-bond acceptors (Lipinski definition) is 5. The lowest BCUT2D eigenvalue weighted by molar-refractivity contribution is -0.118. The summed E-state index contributed by atoms with van der Waals surface area (Å²) in [7, 11) is 0. The number of nitrogens with zero attached hydrogens (tertiary/aromatic N) is 4. The number of aromatic nitrogens is 3. The van der Waals surface area contributed by atoms with Gasteiger partial charge in [-0.1, -0.05) is 24.3 Å². The van der Waals surface area contributed by atoms with Crippen LogP contribution in [0.15, 0.2) is 54.7 Å². The van der Waals surface area contributed by atoms with Crippen molar-refractivity contribution in [2.45, 2.75) is 20.8 Å². The van der Waals surface area contributed by atoms with Crippen molar-refractivity contribution >= 4 is 22.6 Å². The molecule has 2 aromatic heterocycles. The van der Waals surface area contributed by atoms with Crippen molar-refractivity contribution in [3.8, 4) is 17.6 Å². The SMILES string of the molecule is Cc1ccc(OCC(=O)Nc2c(C#N)cnn2-c2cc(C)c3ccccc3n2)cc1C. The molecule has 0 aliphatic rings. The van der Waals surface area contributed by atoms with E-state index in [0.29, 0.717) is 11.6 Å². The minimum absolute atomic E-state index is 0.192. The molecule has 1 amide bonds. The minimum Gasteiger partial charge on any atom is -0.484 e. The Morgan fingerprint density at radius 2 is 1.90 bits per heavy atom. The van der Waals surface area contributed by atoms with Crippen LogP contribution in [0.5, 0.6) is 5.75 Å². The van der Waals surface area contributed by atoms with Crippen LogP contribution in [0.3, 0.4) is 0 Å². The molecule has 2 heterocycles. The smallest absolute Gasteiger partial charge is 0.263 e. The predicted octanol–water partition coefficient (Wildman–Crippen LogP) is 4.23. The maximum absolute atomic E-state index is 12.6. The number of carbonyl (C=O) groups excluding carboxylic acids is 1.